The first kappa shape index (κ1) is 19.3. The Balaban J connectivity index is 1.66. The topological polar surface area (TPSA) is 88.9 Å². The first-order valence-electron chi connectivity index (χ1n) is 9.11. The Morgan fingerprint density at radius 1 is 1.00 bits per heavy atom. The molecule has 3 rings (SSSR count). The maximum Gasteiger partial charge on any atom is 0.271 e. The van der Waals surface area contributed by atoms with Crippen molar-refractivity contribution in [2.45, 2.75) is 26.8 Å². The zero-order chi connectivity index (χ0) is 20.1. The van der Waals surface area contributed by atoms with Gasteiger partial charge in [-0.25, -0.2) is 9.97 Å². The van der Waals surface area contributed by atoms with Gasteiger partial charge in [0.05, 0.1) is 17.9 Å². The molecule has 7 heteroatoms. The molecule has 0 aliphatic rings. The molecule has 28 heavy (non-hydrogen) atoms. The molecule has 0 spiro atoms. The van der Waals surface area contributed by atoms with Gasteiger partial charge in [-0.05, 0) is 24.6 Å². The minimum absolute atomic E-state index is 0.0660. The van der Waals surface area contributed by atoms with E-state index in [1.165, 1.54) is 6.33 Å². The first-order chi connectivity index (χ1) is 13.4. The van der Waals surface area contributed by atoms with Crippen molar-refractivity contribution in [2.75, 3.05) is 5.32 Å². The van der Waals surface area contributed by atoms with Crippen LogP contribution in [-0.2, 0) is 4.79 Å². The highest BCUT2D eigenvalue weighted by Gasteiger charge is 2.14. The summed E-state index contributed by atoms with van der Waals surface area (Å²) in [6, 6.07) is 13.1. The lowest BCUT2D eigenvalue weighted by Crippen LogP contribution is -2.26. The van der Waals surface area contributed by atoms with Crippen molar-refractivity contribution in [3.63, 3.8) is 0 Å². The normalized spacial score (nSPS) is 11.9. The second-order valence-corrected chi connectivity index (χ2v) is 6.82. The van der Waals surface area contributed by atoms with E-state index >= 15 is 0 Å². The number of aromatic nitrogens is 3. The van der Waals surface area contributed by atoms with E-state index in [-0.39, 0.29) is 23.8 Å². The number of hydrogen-bond donors (Lipinski definition) is 2. The van der Waals surface area contributed by atoms with E-state index < -0.39 is 0 Å². The predicted octanol–water partition coefficient (Wildman–Crippen LogP) is 3.35. The molecule has 3 aromatic rings. The van der Waals surface area contributed by atoms with E-state index in [1.807, 2.05) is 51.1 Å². The molecule has 0 unspecified atom stereocenters. The summed E-state index contributed by atoms with van der Waals surface area (Å²) in [4.78, 5) is 32.7. The quantitative estimate of drug-likeness (QED) is 0.689. The number of anilines is 1. The summed E-state index contributed by atoms with van der Waals surface area (Å²) in [7, 11) is 0. The number of carbonyl (C=O) groups is 2. The average Bonchev–Trinajstić information content (AvgIpc) is 3.19. The molecule has 0 bridgehead atoms. The molecule has 2 aromatic heterocycles. The maximum atomic E-state index is 12.5. The van der Waals surface area contributed by atoms with Crippen LogP contribution in [0.25, 0.3) is 5.82 Å². The van der Waals surface area contributed by atoms with Gasteiger partial charge in [-0.2, -0.15) is 0 Å². The van der Waals surface area contributed by atoms with Crippen molar-refractivity contribution in [3.05, 3.63) is 72.4 Å². The fourth-order valence-corrected chi connectivity index (χ4v) is 2.56. The van der Waals surface area contributed by atoms with Crippen LogP contribution in [0.2, 0.25) is 0 Å². The fraction of sp³-hybridized carbons (Fsp3) is 0.238. The molecular weight excluding hydrogens is 354 g/mol. The Bertz CT molecular complexity index is 948. The third kappa shape index (κ3) is 4.62. The summed E-state index contributed by atoms with van der Waals surface area (Å²) in [6.07, 6.45) is 4.74. The molecule has 2 N–H and O–H groups in total. The maximum absolute atomic E-state index is 12.5. The Morgan fingerprint density at radius 2 is 1.75 bits per heavy atom. The van der Waals surface area contributed by atoms with E-state index in [0.717, 1.165) is 5.56 Å². The van der Waals surface area contributed by atoms with Crippen molar-refractivity contribution in [1.29, 1.82) is 0 Å². The second kappa shape index (κ2) is 8.47. The van der Waals surface area contributed by atoms with Crippen molar-refractivity contribution in [3.8, 4) is 5.82 Å². The summed E-state index contributed by atoms with van der Waals surface area (Å²) in [5, 5.41) is 5.73. The minimum atomic E-state index is -0.254. The molecule has 0 aliphatic carbocycles. The van der Waals surface area contributed by atoms with Crippen LogP contribution in [0.15, 0.2) is 61.2 Å². The zero-order valence-electron chi connectivity index (χ0n) is 16.1. The number of rotatable bonds is 6. The highest BCUT2D eigenvalue weighted by atomic mass is 16.2. The van der Waals surface area contributed by atoms with Crippen molar-refractivity contribution in [2.24, 2.45) is 5.92 Å². The third-order valence-electron chi connectivity index (χ3n) is 4.27. The number of hydrogen-bond acceptors (Lipinski definition) is 4. The Labute approximate surface area is 163 Å². The number of imidazole rings is 1. The van der Waals surface area contributed by atoms with Gasteiger partial charge in [-0.15, -0.1) is 0 Å². The predicted molar refractivity (Wildman–Crippen MR) is 107 cm³/mol. The summed E-state index contributed by atoms with van der Waals surface area (Å²) in [5.41, 5.74) is 1.95. The number of nitrogens with one attached hydrogen (secondary N) is 2. The molecule has 0 radical (unpaired) electrons. The standard InChI is InChI=1S/C21H23N5O2/c1-14(2)20(27)25-17-9-10-19(22-11-17)26-12-18(23-13-26)21(28)24-15(3)16-7-5-4-6-8-16/h4-15H,1-3H3,(H,24,28)(H,25,27)/t15-/m1/s1. The number of nitrogens with zero attached hydrogens (tertiary/aromatic N) is 3. The number of pyridine rings is 1. The lowest BCUT2D eigenvalue weighted by Gasteiger charge is -2.13. The van der Waals surface area contributed by atoms with Crippen LogP contribution < -0.4 is 10.6 Å². The smallest absolute Gasteiger partial charge is 0.271 e. The van der Waals surface area contributed by atoms with Crippen molar-refractivity contribution >= 4 is 17.5 Å². The fourth-order valence-electron chi connectivity index (χ4n) is 2.56. The van der Waals surface area contributed by atoms with Crippen molar-refractivity contribution < 1.29 is 9.59 Å². The Morgan fingerprint density at radius 3 is 2.39 bits per heavy atom. The molecular formula is C21H23N5O2. The van der Waals surface area contributed by atoms with Crippen LogP contribution in [-0.4, -0.2) is 26.3 Å². The van der Waals surface area contributed by atoms with Crippen molar-refractivity contribution in [1.82, 2.24) is 19.9 Å². The van der Waals surface area contributed by atoms with Gasteiger partial charge in [0.25, 0.3) is 5.91 Å². The van der Waals surface area contributed by atoms with Crippen LogP contribution in [0.1, 0.15) is 42.9 Å². The van der Waals surface area contributed by atoms with E-state index in [4.69, 9.17) is 0 Å². The molecule has 0 fully saturated rings. The van der Waals surface area contributed by atoms with Gasteiger partial charge in [0.1, 0.15) is 17.8 Å². The van der Waals surface area contributed by atoms with E-state index in [2.05, 4.69) is 20.6 Å². The number of amides is 2. The second-order valence-electron chi connectivity index (χ2n) is 6.82. The van der Waals surface area contributed by atoms with Gasteiger partial charge in [-0.3, -0.25) is 14.2 Å². The largest absolute Gasteiger partial charge is 0.344 e. The molecule has 1 atom stereocenters. The summed E-state index contributed by atoms with van der Waals surface area (Å²) in [5.74, 6) is 0.178. The first-order valence-corrected chi connectivity index (χ1v) is 9.11. The summed E-state index contributed by atoms with van der Waals surface area (Å²) >= 11 is 0. The molecule has 2 amide bonds. The molecule has 0 aliphatic heterocycles. The van der Waals surface area contributed by atoms with Crippen LogP contribution in [0.3, 0.4) is 0 Å². The lowest BCUT2D eigenvalue weighted by molar-refractivity contribution is -0.118. The van der Waals surface area contributed by atoms with Crippen LogP contribution in [0.4, 0.5) is 5.69 Å². The van der Waals surface area contributed by atoms with Crippen LogP contribution >= 0.6 is 0 Å². The van der Waals surface area contributed by atoms with Gasteiger partial charge in [0.15, 0.2) is 0 Å². The van der Waals surface area contributed by atoms with E-state index in [9.17, 15) is 9.59 Å². The van der Waals surface area contributed by atoms with Crippen LogP contribution in [0.5, 0.6) is 0 Å². The van der Waals surface area contributed by atoms with Gasteiger partial charge >= 0.3 is 0 Å². The highest BCUT2D eigenvalue weighted by molar-refractivity contribution is 5.92. The van der Waals surface area contributed by atoms with Gasteiger partial charge in [0, 0.05) is 12.1 Å². The monoisotopic (exact) mass is 377 g/mol. The molecule has 2 heterocycles. The van der Waals surface area contributed by atoms with E-state index in [0.29, 0.717) is 17.2 Å². The zero-order valence-corrected chi connectivity index (χ0v) is 16.1. The molecule has 7 nitrogen and oxygen atoms in total. The van der Waals surface area contributed by atoms with Gasteiger partial charge in [-0.1, -0.05) is 44.2 Å². The molecule has 0 saturated carbocycles. The van der Waals surface area contributed by atoms with Crippen LogP contribution in [0, 0.1) is 5.92 Å². The summed E-state index contributed by atoms with van der Waals surface area (Å²) in [6.45, 7) is 5.58. The molecule has 0 saturated heterocycles. The lowest BCUT2D eigenvalue weighted by atomic mass is 10.1. The van der Waals surface area contributed by atoms with Gasteiger partial charge in [0.2, 0.25) is 5.91 Å². The van der Waals surface area contributed by atoms with Gasteiger partial charge < -0.3 is 10.6 Å². The third-order valence-corrected chi connectivity index (χ3v) is 4.27. The Hall–Kier alpha value is -3.48. The molecule has 144 valence electrons. The highest BCUT2D eigenvalue weighted by Crippen LogP contribution is 2.14. The minimum Gasteiger partial charge on any atom is -0.344 e. The summed E-state index contributed by atoms with van der Waals surface area (Å²) < 4.78 is 1.66. The molecule has 1 aromatic carbocycles. The SMILES string of the molecule is CC(C)C(=O)Nc1ccc(-n2cnc(C(=O)N[C@H](C)c3ccccc3)c2)nc1. The Kier molecular flexibility index (Phi) is 5.84. The van der Waals surface area contributed by atoms with E-state index in [1.54, 1.807) is 29.1 Å². The average molecular weight is 377 g/mol. The number of benzene rings is 1. The number of carbonyl (C=O) groups excluding carboxylic acids is 2.